The van der Waals surface area contributed by atoms with Gasteiger partial charge in [-0.1, -0.05) is 69.3 Å². The highest BCUT2D eigenvalue weighted by molar-refractivity contribution is 6.07. The molecule has 3 aromatic rings. The highest BCUT2D eigenvalue weighted by Crippen LogP contribution is 2.43. The van der Waals surface area contributed by atoms with E-state index in [-0.39, 0.29) is 34.0 Å². The standard InChI is InChI=1S/C33H32N4O5/c1-33(2,3)22-16-14-21(15-17-22)30(38)36-23-12-9-13-24(18-23)37-28(32(40)42-5)27(31(39)41-4)26(25(19-34)29(37)35)20-10-7-6-8-11-20/h6-18,26H,35H2,1-5H3,(H,36,38). The Morgan fingerprint density at radius 3 is 2.12 bits per heavy atom. The molecule has 0 bridgehead atoms. The Morgan fingerprint density at radius 1 is 0.905 bits per heavy atom. The van der Waals surface area contributed by atoms with E-state index in [1.54, 1.807) is 66.7 Å². The van der Waals surface area contributed by atoms with Gasteiger partial charge in [0.15, 0.2) is 0 Å². The number of benzene rings is 3. The van der Waals surface area contributed by atoms with Gasteiger partial charge < -0.3 is 20.5 Å². The number of allylic oxidation sites excluding steroid dienone is 1. The van der Waals surface area contributed by atoms with Crippen LogP contribution < -0.4 is 16.0 Å². The fourth-order valence-electron chi connectivity index (χ4n) is 4.83. The summed E-state index contributed by atoms with van der Waals surface area (Å²) in [4.78, 5) is 40.9. The first-order valence-corrected chi connectivity index (χ1v) is 13.2. The van der Waals surface area contributed by atoms with Gasteiger partial charge in [-0.05, 0) is 46.9 Å². The minimum atomic E-state index is -0.979. The lowest BCUT2D eigenvalue weighted by atomic mass is 9.81. The van der Waals surface area contributed by atoms with Crippen LogP contribution in [0.5, 0.6) is 0 Å². The summed E-state index contributed by atoms with van der Waals surface area (Å²) in [6, 6.07) is 24.8. The maximum atomic E-state index is 13.3. The largest absolute Gasteiger partial charge is 0.466 e. The fraction of sp³-hybridized carbons (Fsp3) is 0.212. The van der Waals surface area contributed by atoms with E-state index in [1.807, 2.05) is 12.1 Å². The number of nitrogens with two attached hydrogens (primary N) is 1. The van der Waals surface area contributed by atoms with Crippen molar-refractivity contribution in [1.29, 1.82) is 5.26 Å². The number of hydrogen-bond donors (Lipinski definition) is 2. The third kappa shape index (κ3) is 5.74. The summed E-state index contributed by atoms with van der Waals surface area (Å²) in [5, 5.41) is 13.1. The number of nitrogens with one attached hydrogen (secondary N) is 1. The van der Waals surface area contributed by atoms with Crippen LogP contribution in [0.2, 0.25) is 0 Å². The first-order valence-electron chi connectivity index (χ1n) is 13.2. The number of ether oxygens (including phenoxy) is 2. The SMILES string of the molecule is COC(=O)C1=C(C(=O)OC)N(c2cccc(NC(=O)c3ccc(C(C)(C)C)cc3)c2)C(N)=C(C#N)C1c1ccccc1. The molecule has 0 spiro atoms. The van der Waals surface area contributed by atoms with Crippen molar-refractivity contribution in [2.24, 2.45) is 5.73 Å². The van der Waals surface area contributed by atoms with Crippen molar-refractivity contribution in [1.82, 2.24) is 0 Å². The molecule has 0 saturated carbocycles. The van der Waals surface area contributed by atoms with Gasteiger partial charge in [0.05, 0.1) is 37.4 Å². The normalized spacial score (nSPS) is 15.1. The molecule has 214 valence electrons. The quantitative estimate of drug-likeness (QED) is 0.393. The van der Waals surface area contributed by atoms with E-state index in [1.165, 1.54) is 19.1 Å². The van der Waals surface area contributed by atoms with Crippen molar-refractivity contribution in [2.75, 3.05) is 24.4 Å². The molecule has 0 aliphatic carbocycles. The number of carbonyl (C=O) groups excluding carboxylic acids is 3. The number of esters is 2. The van der Waals surface area contributed by atoms with E-state index in [0.717, 1.165) is 5.56 Å². The lowest BCUT2D eigenvalue weighted by Crippen LogP contribution is -2.40. The van der Waals surface area contributed by atoms with Gasteiger partial charge in [0.25, 0.3) is 5.91 Å². The van der Waals surface area contributed by atoms with Crippen LogP contribution >= 0.6 is 0 Å². The average Bonchev–Trinajstić information content (AvgIpc) is 2.99. The summed E-state index contributed by atoms with van der Waals surface area (Å²) >= 11 is 0. The summed E-state index contributed by atoms with van der Waals surface area (Å²) < 4.78 is 10.1. The molecule has 0 saturated heterocycles. The number of hydrogen-bond acceptors (Lipinski definition) is 8. The molecule has 0 radical (unpaired) electrons. The van der Waals surface area contributed by atoms with Crippen LogP contribution in [-0.4, -0.2) is 32.1 Å². The van der Waals surface area contributed by atoms with Gasteiger partial charge in [-0.25, -0.2) is 9.59 Å². The molecular weight excluding hydrogens is 532 g/mol. The number of carbonyl (C=O) groups is 3. The van der Waals surface area contributed by atoms with Gasteiger partial charge in [0.2, 0.25) is 0 Å². The molecule has 1 aliphatic heterocycles. The molecule has 9 nitrogen and oxygen atoms in total. The Balaban J connectivity index is 1.81. The number of methoxy groups -OCH3 is 2. The number of amides is 1. The zero-order chi connectivity index (χ0) is 30.6. The molecule has 9 heteroatoms. The van der Waals surface area contributed by atoms with Crippen molar-refractivity contribution < 1.29 is 23.9 Å². The third-order valence-corrected chi connectivity index (χ3v) is 6.99. The van der Waals surface area contributed by atoms with Gasteiger partial charge in [0, 0.05) is 16.9 Å². The number of rotatable bonds is 6. The molecule has 1 heterocycles. The molecular formula is C33H32N4O5. The number of nitrogens with zero attached hydrogens (tertiary/aromatic N) is 2. The molecule has 1 amide bonds. The van der Waals surface area contributed by atoms with Crippen LogP contribution in [0, 0.1) is 11.3 Å². The first kappa shape index (κ1) is 29.6. The first-order chi connectivity index (χ1) is 20.0. The van der Waals surface area contributed by atoms with Crippen LogP contribution in [0.3, 0.4) is 0 Å². The van der Waals surface area contributed by atoms with Crippen LogP contribution in [0.4, 0.5) is 11.4 Å². The predicted molar refractivity (Wildman–Crippen MR) is 159 cm³/mol. The highest BCUT2D eigenvalue weighted by atomic mass is 16.5. The van der Waals surface area contributed by atoms with Gasteiger partial charge in [-0.3, -0.25) is 9.69 Å². The Hall–Kier alpha value is -5.36. The van der Waals surface area contributed by atoms with Crippen LogP contribution in [0.15, 0.2) is 102 Å². The number of nitriles is 1. The fourth-order valence-corrected chi connectivity index (χ4v) is 4.83. The molecule has 4 rings (SSSR count). The predicted octanol–water partition coefficient (Wildman–Crippen LogP) is 5.13. The van der Waals surface area contributed by atoms with Gasteiger partial charge >= 0.3 is 11.9 Å². The summed E-state index contributed by atoms with van der Waals surface area (Å²) in [5.74, 6) is -3.06. The minimum absolute atomic E-state index is 0.0441. The Labute approximate surface area is 244 Å². The Kier molecular flexibility index (Phi) is 8.48. The summed E-state index contributed by atoms with van der Waals surface area (Å²) in [5.41, 5.74) is 9.10. The molecule has 0 fully saturated rings. The van der Waals surface area contributed by atoms with Gasteiger partial charge in [0.1, 0.15) is 11.5 Å². The Morgan fingerprint density at radius 2 is 1.55 bits per heavy atom. The topological polar surface area (TPSA) is 135 Å². The zero-order valence-electron chi connectivity index (χ0n) is 24.1. The lowest BCUT2D eigenvalue weighted by molar-refractivity contribution is -0.139. The van der Waals surface area contributed by atoms with Crippen molar-refractivity contribution in [2.45, 2.75) is 32.1 Å². The molecule has 1 unspecified atom stereocenters. The van der Waals surface area contributed by atoms with E-state index in [4.69, 9.17) is 15.2 Å². The molecule has 1 atom stereocenters. The highest BCUT2D eigenvalue weighted by Gasteiger charge is 2.43. The van der Waals surface area contributed by atoms with Crippen molar-refractivity contribution >= 4 is 29.2 Å². The van der Waals surface area contributed by atoms with Crippen LogP contribution in [-0.2, 0) is 24.5 Å². The molecule has 0 aromatic heterocycles. The summed E-state index contributed by atoms with van der Waals surface area (Å²) in [6.07, 6.45) is 0. The lowest BCUT2D eigenvalue weighted by Gasteiger charge is -2.36. The summed E-state index contributed by atoms with van der Waals surface area (Å²) in [7, 11) is 2.37. The smallest absolute Gasteiger partial charge is 0.355 e. The maximum absolute atomic E-state index is 13.3. The molecule has 3 aromatic carbocycles. The van der Waals surface area contributed by atoms with E-state index in [0.29, 0.717) is 22.5 Å². The van der Waals surface area contributed by atoms with E-state index in [2.05, 4.69) is 32.2 Å². The average molecular weight is 565 g/mol. The third-order valence-electron chi connectivity index (χ3n) is 6.99. The second-order valence-corrected chi connectivity index (χ2v) is 10.7. The maximum Gasteiger partial charge on any atom is 0.355 e. The van der Waals surface area contributed by atoms with E-state index in [9.17, 15) is 19.6 Å². The second-order valence-electron chi connectivity index (χ2n) is 10.7. The second kappa shape index (κ2) is 12.0. The zero-order valence-corrected chi connectivity index (χ0v) is 24.1. The van der Waals surface area contributed by atoms with Crippen LogP contribution in [0.1, 0.15) is 48.2 Å². The molecule has 1 aliphatic rings. The molecule has 3 N–H and O–H groups in total. The van der Waals surface area contributed by atoms with Crippen LogP contribution in [0.25, 0.3) is 0 Å². The molecule has 42 heavy (non-hydrogen) atoms. The monoisotopic (exact) mass is 564 g/mol. The number of anilines is 2. The van der Waals surface area contributed by atoms with Crippen molar-refractivity contribution in [3.8, 4) is 6.07 Å². The van der Waals surface area contributed by atoms with E-state index >= 15 is 0 Å². The van der Waals surface area contributed by atoms with E-state index < -0.39 is 17.9 Å². The van der Waals surface area contributed by atoms with Gasteiger partial charge in [-0.15, -0.1) is 0 Å². The summed E-state index contributed by atoms with van der Waals surface area (Å²) in [6.45, 7) is 6.28. The minimum Gasteiger partial charge on any atom is -0.466 e. The van der Waals surface area contributed by atoms with Crippen molar-refractivity contribution in [3.63, 3.8) is 0 Å². The van der Waals surface area contributed by atoms with Crippen molar-refractivity contribution in [3.05, 3.63) is 118 Å². The van der Waals surface area contributed by atoms with Gasteiger partial charge in [-0.2, -0.15) is 5.26 Å². The Bertz CT molecular complexity index is 1630.